The van der Waals surface area contributed by atoms with Crippen LogP contribution in [0, 0.1) is 12.7 Å². The number of hydrogen-bond donors (Lipinski definition) is 1. The molecular weight excluding hydrogens is 345 g/mol. The molecule has 2 rings (SSSR count). The standard InChI is InChI=1S/C14H14BrClFN3/c1-3-18-14-12(15)8(2)19-11(20-14)7-9-5-4-6-10(16)13(9)17/h4-6H,3,7H2,1-2H3,(H,18,19,20). The van der Waals surface area contributed by atoms with Gasteiger partial charge in [0.25, 0.3) is 0 Å². The molecule has 0 bridgehead atoms. The van der Waals surface area contributed by atoms with Crippen LogP contribution in [0.25, 0.3) is 0 Å². The Balaban J connectivity index is 2.36. The van der Waals surface area contributed by atoms with Crippen LogP contribution in [0.1, 0.15) is 24.0 Å². The van der Waals surface area contributed by atoms with Crippen molar-refractivity contribution < 1.29 is 4.39 Å². The third kappa shape index (κ3) is 3.27. The van der Waals surface area contributed by atoms with E-state index < -0.39 is 5.82 Å². The summed E-state index contributed by atoms with van der Waals surface area (Å²) in [5.74, 6) is 0.864. The van der Waals surface area contributed by atoms with Gasteiger partial charge >= 0.3 is 0 Å². The number of aryl methyl sites for hydroxylation is 1. The molecule has 106 valence electrons. The maximum atomic E-state index is 13.9. The lowest BCUT2D eigenvalue weighted by Crippen LogP contribution is -2.07. The molecule has 1 heterocycles. The number of rotatable bonds is 4. The molecule has 6 heteroatoms. The zero-order chi connectivity index (χ0) is 14.7. The summed E-state index contributed by atoms with van der Waals surface area (Å²) in [6, 6.07) is 4.94. The number of nitrogens with zero attached hydrogens (tertiary/aromatic N) is 2. The van der Waals surface area contributed by atoms with Crippen molar-refractivity contribution in [2.45, 2.75) is 20.3 Å². The van der Waals surface area contributed by atoms with Crippen molar-refractivity contribution in [2.24, 2.45) is 0 Å². The first kappa shape index (κ1) is 15.2. The molecular formula is C14H14BrClFN3. The molecule has 20 heavy (non-hydrogen) atoms. The van der Waals surface area contributed by atoms with Crippen molar-refractivity contribution in [1.29, 1.82) is 0 Å². The summed E-state index contributed by atoms with van der Waals surface area (Å²) in [7, 11) is 0. The van der Waals surface area contributed by atoms with Crippen LogP contribution in [0.15, 0.2) is 22.7 Å². The summed E-state index contributed by atoms with van der Waals surface area (Å²) in [5.41, 5.74) is 1.30. The van der Waals surface area contributed by atoms with Crippen LogP contribution in [0.4, 0.5) is 10.2 Å². The molecule has 0 aliphatic carbocycles. The van der Waals surface area contributed by atoms with Crippen molar-refractivity contribution in [2.75, 3.05) is 11.9 Å². The van der Waals surface area contributed by atoms with E-state index in [1.807, 2.05) is 13.8 Å². The van der Waals surface area contributed by atoms with Crippen molar-refractivity contribution in [3.8, 4) is 0 Å². The van der Waals surface area contributed by atoms with Gasteiger partial charge in [0.2, 0.25) is 0 Å². The third-order valence-electron chi connectivity index (χ3n) is 2.79. The molecule has 0 aliphatic rings. The maximum absolute atomic E-state index is 13.9. The molecule has 3 nitrogen and oxygen atoms in total. The predicted molar refractivity (Wildman–Crippen MR) is 82.8 cm³/mol. The van der Waals surface area contributed by atoms with E-state index in [4.69, 9.17) is 11.6 Å². The highest BCUT2D eigenvalue weighted by atomic mass is 79.9. The number of nitrogens with one attached hydrogen (secondary N) is 1. The average molecular weight is 359 g/mol. The number of aromatic nitrogens is 2. The minimum absolute atomic E-state index is 0.114. The summed E-state index contributed by atoms with van der Waals surface area (Å²) < 4.78 is 14.7. The molecule has 0 fully saturated rings. The van der Waals surface area contributed by atoms with Gasteiger partial charge in [0, 0.05) is 13.0 Å². The Morgan fingerprint density at radius 2 is 2.10 bits per heavy atom. The van der Waals surface area contributed by atoms with Gasteiger partial charge in [-0.2, -0.15) is 0 Å². The van der Waals surface area contributed by atoms with E-state index in [0.717, 1.165) is 22.5 Å². The van der Waals surface area contributed by atoms with Gasteiger partial charge in [0.1, 0.15) is 17.5 Å². The summed E-state index contributed by atoms with van der Waals surface area (Å²) in [4.78, 5) is 8.78. The quantitative estimate of drug-likeness (QED) is 0.882. The molecule has 1 aromatic heterocycles. The van der Waals surface area contributed by atoms with E-state index >= 15 is 0 Å². The average Bonchev–Trinajstić information content (AvgIpc) is 2.41. The summed E-state index contributed by atoms with van der Waals surface area (Å²) >= 11 is 9.23. The van der Waals surface area contributed by atoms with E-state index in [1.54, 1.807) is 12.1 Å². The Labute approximate surface area is 130 Å². The predicted octanol–water partition coefficient (Wildman–Crippen LogP) is 4.36. The molecule has 0 atom stereocenters. The van der Waals surface area contributed by atoms with Gasteiger partial charge in [0.15, 0.2) is 0 Å². The second kappa shape index (κ2) is 6.50. The van der Waals surface area contributed by atoms with Gasteiger partial charge < -0.3 is 5.32 Å². The fraction of sp³-hybridized carbons (Fsp3) is 0.286. The first-order chi connectivity index (χ1) is 9.52. The smallest absolute Gasteiger partial charge is 0.145 e. The summed E-state index contributed by atoms with van der Waals surface area (Å²) in [5, 5.41) is 3.27. The van der Waals surface area contributed by atoms with E-state index in [1.165, 1.54) is 6.07 Å². The van der Waals surface area contributed by atoms with E-state index in [0.29, 0.717) is 17.8 Å². The molecule has 0 radical (unpaired) electrons. The van der Waals surface area contributed by atoms with Crippen molar-refractivity contribution >= 4 is 33.3 Å². The minimum atomic E-state index is -0.414. The van der Waals surface area contributed by atoms with E-state index in [-0.39, 0.29) is 5.02 Å². The van der Waals surface area contributed by atoms with Crippen molar-refractivity contribution in [3.05, 3.63) is 50.6 Å². The molecule has 0 spiro atoms. The Kier molecular flexibility index (Phi) is 4.94. The lowest BCUT2D eigenvalue weighted by atomic mass is 10.1. The van der Waals surface area contributed by atoms with Crippen LogP contribution in [0.5, 0.6) is 0 Å². The fourth-order valence-electron chi connectivity index (χ4n) is 1.84. The van der Waals surface area contributed by atoms with E-state index in [9.17, 15) is 4.39 Å². The molecule has 0 unspecified atom stereocenters. The lowest BCUT2D eigenvalue weighted by molar-refractivity contribution is 0.612. The molecule has 0 saturated heterocycles. The van der Waals surface area contributed by atoms with Gasteiger partial charge in [-0.1, -0.05) is 23.7 Å². The van der Waals surface area contributed by atoms with Crippen LogP contribution < -0.4 is 5.32 Å². The highest BCUT2D eigenvalue weighted by molar-refractivity contribution is 9.10. The van der Waals surface area contributed by atoms with Gasteiger partial charge in [-0.25, -0.2) is 14.4 Å². The van der Waals surface area contributed by atoms with Gasteiger partial charge in [-0.3, -0.25) is 0 Å². The third-order valence-corrected chi connectivity index (χ3v) is 4.03. The van der Waals surface area contributed by atoms with Crippen LogP contribution in [0.2, 0.25) is 5.02 Å². The molecule has 0 saturated carbocycles. The molecule has 2 aromatic rings. The van der Waals surface area contributed by atoms with Crippen molar-refractivity contribution in [1.82, 2.24) is 9.97 Å². The Hall–Kier alpha value is -1.20. The SMILES string of the molecule is CCNc1nc(Cc2cccc(Cl)c2F)nc(C)c1Br. The first-order valence-electron chi connectivity index (χ1n) is 6.22. The maximum Gasteiger partial charge on any atom is 0.145 e. The molecule has 0 aliphatic heterocycles. The molecule has 1 N–H and O–H groups in total. The topological polar surface area (TPSA) is 37.8 Å². The number of benzene rings is 1. The van der Waals surface area contributed by atoms with Gasteiger partial charge in [-0.05, 0) is 41.4 Å². The first-order valence-corrected chi connectivity index (χ1v) is 7.39. The van der Waals surface area contributed by atoms with Crippen LogP contribution in [-0.4, -0.2) is 16.5 Å². The summed E-state index contributed by atoms with van der Waals surface area (Å²) in [6.45, 7) is 4.62. The van der Waals surface area contributed by atoms with E-state index in [2.05, 4.69) is 31.2 Å². The van der Waals surface area contributed by atoms with Crippen molar-refractivity contribution in [3.63, 3.8) is 0 Å². The van der Waals surface area contributed by atoms with Gasteiger partial charge in [0.05, 0.1) is 15.2 Å². The largest absolute Gasteiger partial charge is 0.369 e. The molecule has 0 amide bonds. The highest BCUT2D eigenvalue weighted by Crippen LogP contribution is 2.25. The Morgan fingerprint density at radius 1 is 1.35 bits per heavy atom. The van der Waals surface area contributed by atoms with Crippen LogP contribution >= 0.6 is 27.5 Å². The highest BCUT2D eigenvalue weighted by Gasteiger charge is 2.12. The molecule has 1 aromatic carbocycles. The normalized spacial score (nSPS) is 10.7. The number of halogens is 3. The second-order valence-corrected chi connectivity index (χ2v) is 5.51. The van der Waals surface area contributed by atoms with Gasteiger partial charge in [-0.15, -0.1) is 0 Å². The monoisotopic (exact) mass is 357 g/mol. The fourth-order valence-corrected chi connectivity index (χ4v) is 2.35. The number of hydrogen-bond acceptors (Lipinski definition) is 3. The lowest BCUT2D eigenvalue weighted by Gasteiger charge is -2.10. The van der Waals surface area contributed by atoms with Crippen LogP contribution in [0.3, 0.4) is 0 Å². The Morgan fingerprint density at radius 3 is 2.80 bits per heavy atom. The minimum Gasteiger partial charge on any atom is -0.369 e. The Bertz CT molecular complexity index is 634. The zero-order valence-corrected chi connectivity index (χ0v) is 13.5. The second-order valence-electron chi connectivity index (χ2n) is 4.31. The zero-order valence-electron chi connectivity index (χ0n) is 11.2. The summed E-state index contributed by atoms with van der Waals surface area (Å²) in [6.07, 6.45) is 0.304. The van der Waals surface area contributed by atoms with Crippen LogP contribution in [-0.2, 0) is 6.42 Å². The number of anilines is 1.